The van der Waals surface area contributed by atoms with Crippen molar-refractivity contribution in [3.63, 3.8) is 0 Å². The van der Waals surface area contributed by atoms with E-state index in [1.165, 1.54) is 17.8 Å². The Balaban J connectivity index is 1.46. The Morgan fingerprint density at radius 1 is 1.37 bits per heavy atom. The normalized spacial score (nSPS) is 17.5. The van der Waals surface area contributed by atoms with Gasteiger partial charge in [-0.1, -0.05) is 11.2 Å². The van der Waals surface area contributed by atoms with Gasteiger partial charge in [0.15, 0.2) is 5.82 Å². The number of rotatable bonds is 7. The minimum Gasteiger partial charge on any atom is -0.367 e. The molecular weight excluding hydrogens is 407 g/mol. The molecule has 0 aliphatic carbocycles. The predicted molar refractivity (Wildman–Crippen MR) is 116 cm³/mol. The maximum Gasteiger partial charge on any atom is 0.238 e. The van der Waals surface area contributed by atoms with Crippen molar-refractivity contribution in [2.45, 2.75) is 44.9 Å². The van der Waals surface area contributed by atoms with Crippen molar-refractivity contribution in [2.75, 3.05) is 29.1 Å². The molecule has 2 atom stereocenters. The van der Waals surface area contributed by atoms with Crippen LogP contribution in [-0.2, 0) is 9.59 Å². The Kier molecular flexibility index (Phi) is 7.36. The zero-order chi connectivity index (χ0) is 21.7. The number of hydrogen-bond donors (Lipinski definition) is 2. The third-order valence-electron chi connectivity index (χ3n) is 4.94. The molecule has 3 rings (SSSR count). The molecule has 1 aromatic heterocycles. The molecule has 2 amide bonds. The van der Waals surface area contributed by atoms with E-state index < -0.39 is 5.25 Å². The minimum atomic E-state index is -0.419. The number of benzene rings is 1. The molecule has 0 radical (unpaired) electrons. The van der Waals surface area contributed by atoms with Crippen LogP contribution in [0.2, 0.25) is 0 Å². The fraction of sp³-hybridized carbons (Fsp3) is 0.476. The van der Waals surface area contributed by atoms with Crippen LogP contribution in [0, 0.1) is 19.7 Å². The Labute approximate surface area is 179 Å². The molecule has 9 heteroatoms. The maximum atomic E-state index is 14.2. The van der Waals surface area contributed by atoms with E-state index in [4.69, 9.17) is 4.52 Å². The second kappa shape index (κ2) is 9.97. The van der Waals surface area contributed by atoms with E-state index in [0.29, 0.717) is 23.8 Å². The number of carbonyl (C=O) groups excluding carboxylic acids is 2. The molecular formula is C21H27FN4O3S. The maximum absolute atomic E-state index is 14.2. The molecule has 2 N–H and O–H groups in total. The van der Waals surface area contributed by atoms with Gasteiger partial charge in [0, 0.05) is 25.2 Å². The van der Waals surface area contributed by atoms with Crippen LogP contribution in [0.25, 0.3) is 0 Å². The lowest BCUT2D eigenvalue weighted by Crippen LogP contribution is -2.48. The van der Waals surface area contributed by atoms with Crippen molar-refractivity contribution in [1.29, 1.82) is 0 Å². The number of carbonyl (C=O) groups is 2. The number of anilines is 2. The molecule has 7 nitrogen and oxygen atoms in total. The van der Waals surface area contributed by atoms with Crippen molar-refractivity contribution < 1.29 is 18.5 Å². The average molecular weight is 435 g/mol. The lowest BCUT2D eigenvalue weighted by molar-refractivity contribution is -0.119. The van der Waals surface area contributed by atoms with Gasteiger partial charge >= 0.3 is 0 Å². The summed E-state index contributed by atoms with van der Waals surface area (Å²) < 4.78 is 19.1. The summed E-state index contributed by atoms with van der Waals surface area (Å²) in [5, 5.41) is 8.99. The van der Waals surface area contributed by atoms with E-state index in [2.05, 4.69) is 15.8 Å². The van der Waals surface area contributed by atoms with Crippen molar-refractivity contribution >= 4 is 35.1 Å². The highest BCUT2D eigenvalue weighted by molar-refractivity contribution is 8.01. The van der Waals surface area contributed by atoms with Crippen LogP contribution in [0.1, 0.15) is 31.1 Å². The number of nitrogens with one attached hydrogen (secondary N) is 2. The second-order valence-electron chi connectivity index (χ2n) is 7.57. The first-order valence-corrected chi connectivity index (χ1v) is 11.0. The van der Waals surface area contributed by atoms with E-state index in [-0.39, 0.29) is 29.4 Å². The number of halogens is 1. The highest BCUT2D eigenvalue weighted by atomic mass is 32.2. The molecule has 1 aromatic carbocycles. The molecule has 0 bridgehead atoms. The van der Waals surface area contributed by atoms with Crippen molar-refractivity contribution in [3.05, 3.63) is 41.4 Å². The van der Waals surface area contributed by atoms with Gasteiger partial charge in [0.1, 0.15) is 11.6 Å². The highest BCUT2D eigenvalue weighted by Gasteiger charge is 2.24. The number of aromatic nitrogens is 1. The fourth-order valence-electron chi connectivity index (χ4n) is 3.38. The summed E-state index contributed by atoms with van der Waals surface area (Å²) in [6.07, 6.45) is 1.73. The van der Waals surface area contributed by atoms with Gasteiger partial charge in [-0.25, -0.2) is 4.39 Å². The molecule has 1 fully saturated rings. The van der Waals surface area contributed by atoms with Crippen LogP contribution in [0.5, 0.6) is 0 Å². The van der Waals surface area contributed by atoms with Crippen LogP contribution in [-0.4, -0.2) is 47.1 Å². The summed E-state index contributed by atoms with van der Waals surface area (Å²) in [7, 11) is 0. The monoisotopic (exact) mass is 434 g/mol. The summed E-state index contributed by atoms with van der Waals surface area (Å²) >= 11 is 1.25. The molecule has 1 saturated heterocycles. The third kappa shape index (κ3) is 5.98. The molecule has 0 spiro atoms. The first-order chi connectivity index (χ1) is 14.3. The molecule has 1 aliphatic heterocycles. The van der Waals surface area contributed by atoms with Crippen molar-refractivity contribution in [2.24, 2.45) is 0 Å². The minimum absolute atomic E-state index is 0.0472. The van der Waals surface area contributed by atoms with Gasteiger partial charge in [-0.3, -0.25) is 9.59 Å². The predicted octanol–water partition coefficient (Wildman–Crippen LogP) is 3.28. The van der Waals surface area contributed by atoms with E-state index in [1.54, 1.807) is 26.0 Å². The van der Waals surface area contributed by atoms with Crippen LogP contribution < -0.4 is 15.5 Å². The smallest absolute Gasteiger partial charge is 0.238 e. The Bertz CT molecular complexity index is 904. The van der Waals surface area contributed by atoms with Gasteiger partial charge < -0.3 is 20.1 Å². The van der Waals surface area contributed by atoms with Crippen LogP contribution >= 0.6 is 11.8 Å². The fourth-order valence-corrected chi connectivity index (χ4v) is 4.07. The lowest BCUT2D eigenvalue weighted by Gasteiger charge is -2.35. The van der Waals surface area contributed by atoms with Gasteiger partial charge in [-0.05, 0) is 51.3 Å². The SMILES string of the molecule is Cc1ccc(F)c(N2CCCC(NC(=O)CSC(C)C(=O)Nc3cc(C)on3)C2)c1. The van der Waals surface area contributed by atoms with Crippen LogP contribution in [0.4, 0.5) is 15.9 Å². The van der Waals surface area contributed by atoms with Gasteiger partial charge in [0.25, 0.3) is 0 Å². The Hall–Kier alpha value is -2.55. The van der Waals surface area contributed by atoms with Gasteiger partial charge in [-0.15, -0.1) is 11.8 Å². The first-order valence-electron chi connectivity index (χ1n) is 9.98. The zero-order valence-corrected chi connectivity index (χ0v) is 18.2. The van der Waals surface area contributed by atoms with Crippen molar-refractivity contribution in [1.82, 2.24) is 10.5 Å². The molecule has 2 heterocycles. The lowest BCUT2D eigenvalue weighted by atomic mass is 10.0. The number of aryl methyl sites for hydroxylation is 2. The summed E-state index contributed by atoms with van der Waals surface area (Å²) in [4.78, 5) is 26.6. The van der Waals surface area contributed by atoms with Crippen LogP contribution in [0.15, 0.2) is 28.8 Å². The summed E-state index contributed by atoms with van der Waals surface area (Å²) in [6, 6.07) is 6.66. The topological polar surface area (TPSA) is 87.5 Å². The number of piperidine rings is 1. The van der Waals surface area contributed by atoms with Crippen molar-refractivity contribution in [3.8, 4) is 0 Å². The number of nitrogens with zero attached hydrogens (tertiary/aromatic N) is 2. The molecule has 30 heavy (non-hydrogen) atoms. The number of thioether (sulfide) groups is 1. The largest absolute Gasteiger partial charge is 0.367 e. The number of amides is 2. The molecule has 0 saturated carbocycles. The standard InChI is InChI=1S/C21H27FN4O3S/c1-13-6-7-17(22)18(9-13)26-8-4-5-16(11-26)23-20(27)12-30-15(3)21(28)24-19-10-14(2)29-25-19/h6-7,9-10,15-16H,4-5,8,11-12H2,1-3H3,(H,23,27)(H,24,25,28). The molecule has 2 unspecified atom stereocenters. The first kappa shape index (κ1) is 22.1. The van der Waals surface area contributed by atoms with E-state index in [9.17, 15) is 14.0 Å². The molecule has 1 aliphatic rings. The molecule has 162 valence electrons. The second-order valence-corrected chi connectivity index (χ2v) is 8.90. The van der Waals surface area contributed by atoms with Crippen LogP contribution in [0.3, 0.4) is 0 Å². The summed E-state index contributed by atoms with van der Waals surface area (Å²) in [6.45, 7) is 6.75. The quantitative estimate of drug-likeness (QED) is 0.696. The van der Waals surface area contributed by atoms with Gasteiger partial charge in [-0.2, -0.15) is 0 Å². The third-order valence-corrected chi connectivity index (χ3v) is 6.08. The highest BCUT2D eigenvalue weighted by Crippen LogP contribution is 2.24. The number of hydrogen-bond acceptors (Lipinski definition) is 6. The summed E-state index contributed by atoms with van der Waals surface area (Å²) in [5.41, 5.74) is 1.58. The van der Waals surface area contributed by atoms with E-state index >= 15 is 0 Å². The van der Waals surface area contributed by atoms with Gasteiger partial charge in [0.2, 0.25) is 11.8 Å². The average Bonchev–Trinajstić information content (AvgIpc) is 3.12. The van der Waals surface area contributed by atoms with Gasteiger partial charge in [0.05, 0.1) is 16.7 Å². The summed E-state index contributed by atoms with van der Waals surface area (Å²) in [5.74, 6) is 0.526. The van der Waals surface area contributed by atoms with E-state index in [1.807, 2.05) is 17.9 Å². The van der Waals surface area contributed by atoms with E-state index in [0.717, 1.165) is 24.9 Å². The zero-order valence-electron chi connectivity index (χ0n) is 17.4. The Morgan fingerprint density at radius 3 is 2.90 bits per heavy atom. The molecule has 2 aromatic rings. The Morgan fingerprint density at radius 2 is 2.17 bits per heavy atom.